The third-order valence-corrected chi connectivity index (χ3v) is 5.73. The fraction of sp³-hybridized carbons (Fsp3) is 0.0714. The van der Waals surface area contributed by atoms with Gasteiger partial charge in [-0.2, -0.15) is 0 Å². The summed E-state index contributed by atoms with van der Waals surface area (Å²) in [5.74, 6) is -0.00983. The van der Waals surface area contributed by atoms with Crippen molar-refractivity contribution in [2.24, 2.45) is 0 Å². The number of rotatable bonds is 6. The van der Waals surface area contributed by atoms with E-state index in [9.17, 15) is 14.7 Å². The highest BCUT2D eigenvalue weighted by atomic mass is 16.5. The molecule has 34 heavy (non-hydrogen) atoms. The van der Waals surface area contributed by atoms with E-state index >= 15 is 0 Å². The number of hydrogen-bond donors (Lipinski definition) is 2. The van der Waals surface area contributed by atoms with Gasteiger partial charge in [-0.15, -0.1) is 0 Å². The van der Waals surface area contributed by atoms with E-state index in [-0.39, 0.29) is 39.4 Å². The zero-order valence-electron chi connectivity index (χ0n) is 18.2. The molecule has 0 aromatic heterocycles. The summed E-state index contributed by atoms with van der Waals surface area (Å²) in [7, 11) is 0. The minimum atomic E-state index is -0.446. The predicted octanol–water partition coefficient (Wildman–Crippen LogP) is 5.16. The van der Waals surface area contributed by atoms with Crippen LogP contribution in [-0.2, 0) is 6.42 Å². The lowest BCUT2D eigenvalue weighted by Crippen LogP contribution is -2.22. The largest absolute Gasteiger partial charge is 0.507 e. The zero-order valence-corrected chi connectivity index (χ0v) is 18.2. The number of anilines is 1. The molecule has 0 amide bonds. The average Bonchev–Trinajstić information content (AvgIpc) is 2.86. The van der Waals surface area contributed by atoms with Gasteiger partial charge >= 0.3 is 0 Å². The van der Waals surface area contributed by atoms with Gasteiger partial charge in [0.2, 0.25) is 0 Å². The number of benzene rings is 4. The molecule has 168 valence electrons. The van der Waals surface area contributed by atoms with Crippen LogP contribution in [-0.4, -0.2) is 23.3 Å². The van der Waals surface area contributed by atoms with Crippen LogP contribution < -0.4 is 15.2 Å². The van der Waals surface area contributed by atoms with E-state index in [4.69, 9.17) is 15.2 Å². The third kappa shape index (κ3) is 3.86. The van der Waals surface area contributed by atoms with Crippen LogP contribution in [0.5, 0.6) is 23.0 Å². The normalized spacial score (nSPS) is 12.1. The monoisotopic (exact) mass is 451 g/mol. The van der Waals surface area contributed by atoms with E-state index in [1.54, 1.807) is 48.5 Å². The summed E-state index contributed by atoms with van der Waals surface area (Å²) in [4.78, 5) is 26.0. The molecule has 0 aliphatic heterocycles. The van der Waals surface area contributed by atoms with Gasteiger partial charge in [0.05, 0.1) is 23.4 Å². The van der Waals surface area contributed by atoms with Gasteiger partial charge in [0.1, 0.15) is 17.2 Å². The van der Waals surface area contributed by atoms with Crippen LogP contribution in [0.1, 0.15) is 37.4 Å². The molecule has 0 saturated heterocycles. The fourth-order valence-corrected chi connectivity index (χ4v) is 4.02. The van der Waals surface area contributed by atoms with Crippen LogP contribution in [0.15, 0.2) is 84.9 Å². The molecule has 4 aromatic rings. The lowest BCUT2D eigenvalue weighted by Gasteiger charge is -2.21. The highest BCUT2D eigenvalue weighted by molar-refractivity contribution is 6.31. The van der Waals surface area contributed by atoms with E-state index in [1.807, 2.05) is 18.2 Å². The van der Waals surface area contributed by atoms with Crippen LogP contribution in [0.25, 0.3) is 0 Å². The van der Waals surface area contributed by atoms with E-state index in [0.29, 0.717) is 18.1 Å². The Bertz CT molecular complexity index is 1390. The molecule has 0 unspecified atom stereocenters. The first-order valence-corrected chi connectivity index (χ1v) is 10.8. The first kappa shape index (κ1) is 21.3. The predicted molar refractivity (Wildman–Crippen MR) is 128 cm³/mol. The molecule has 1 aliphatic rings. The maximum absolute atomic E-state index is 13.1. The molecule has 0 heterocycles. The Kier molecular flexibility index (Phi) is 5.47. The number of nitrogens with two attached hydrogens (primary N) is 1. The molecule has 0 saturated carbocycles. The molecule has 0 radical (unpaired) electrons. The number of aromatic hydroxyl groups is 1. The van der Waals surface area contributed by atoms with Gasteiger partial charge < -0.3 is 20.3 Å². The second kappa shape index (κ2) is 8.75. The number of carbonyl (C=O) groups is 2. The summed E-state index contributed by atoms with van der Waals surface area (Å²) < 4.78 is 11.6. The highest BCUT2D eigenvalue weighted by Crippen LogP contribution is 2.42. The Balaban J connectivity index is 1.35. The van der Waals surface area contributed by atoms with E-state index < -0.39 is 11.6 Å². The van der Waals surface area contributed by atoms with E-state index in [2.05, 4.69) is 12.1 Å². The fourth-order valence-electron chi connectivity index (χ4n) is 4.02. The van der Waals surface area contributed by atoms with Crippen molar-refractivity contribution < 1.29 is 24.2 Å². The molecule has 0 spiro atoms. The topological polar surface area (TPSA) is 98.8 Å². The van der Waals surface area contributed by atoms with Crippen molar-refractivity contribution in [3.8, 4) is 23.0 Å². The van der Waals surface area contributed by atoms with Gasteiger partial charge in [-0.25, -0.2) is 0 Å². The Morgan fingerprint density at radius 2 is 1.32 bits per heavy atom. The minimum Gasteiger partial charge on any atom is -0.507 e. The summed E-state index contributed by atoms with van der Waals surface area (Å²) in [5, 5.41) is 10.6. The number of nitrogen functional groups attached to an aromatic ring is 1. The standard InChI is InChI=1S/C28H21NO5/c29-26-23(16-22(30)24-25(26)28(32)21-9-5-4-8-20(21)27(24)31)34-19-12-10-18(11-13-19)33-15-14-17-6-2-1-3-7-17/h1-13,16,30H,14-15,29H2. The number of hydrogen-bond acceptors (Lipinski definition) is 6. The van der Waals surface area contributed by atoms with Crippen molar-refractivity contribution in [1.29, 1.82) is 0 Å². The van der Waals surface area contributed by atoms with Gasteiger partial charge in [0.25, 0.3) is 0 Å². The van der Waals surface area contributed by atoms with E-state index in [0.717, 1.165) is 6.42 Å². The molecular formula is C28H21NO5. The Morgan fingerprint density at radius 3 is 2.00 bits per heavy atom. The second-order valence-electron chi connectivity index (χ2n) is 7.92. The van der Waals surface area contributed by atoms with Crippen molar-refractivity contribution in [3.05, 3.63) is 113 Å². The number of ketones is 2. The number of ether oxygens (including phenoxy) is 2. The summed E-state index contributed by atoms with van der Waals surface area (Å²) in [5.41, 5.74) is 7.80. The van der Waals surface area contributed by atoms with E-state index in [1.165, 1.54) is 11.6 Å². The molecule has 0 atom stereocenters. The number of phenols is 1. The van der Waals surface area contributed by atoms with Crippen molar-refractivity contribution in [2.45, 2.75) is 6.42 Å². The SMILES string of the molecule is Nc1c(Oc2ccc(OCCc3ccccc3)cc2)cc(O)c2c1C(=O)c1ccccc1C2=O. The van der Waals surface area contributed by atoms with Crippen molar-refractivity contribution >= 4 is 17.3 Å². The molecule has 5 rings (SSSR count). The number of phenolic OH excluding ortho intramolecular Hbond substituents is 1. The number of carbonyl (C=O) groups excluding carboxylic acids is 2. The zero-order chi connectivity index (χ0) is 23.7. The molecule has 0 bridgehead atoms. The molecule has 4 aromatic carbocycles. The Labute approximate surface area is 196 Å². The lowest BCUT2D eigenvalue weighted by atomic mass is 9.82. The maximum Gasteiger partial charge on any atom is 0.198 e. The van der Waals surface area contributed by atoms with Crippen LogP contribution in [0.4, 0.5) is 5.69 Å². The molecule has 0 fully saturated rings. The van der Waals surface area contributed by atoms with Crippen LogP contribution in [0, 0.1) is 0 Å². The Hall–Kier alpha value is -4.58. The highest BCUT2D eigenvalue weighted by Gasteiger charge is 2.35. The molecule has 6 heteroatoms. The average molecular weight is 451 g/mol. The summed E-state index contributed by atoms with van der Waals surface area (Å²) >= 11 is 0. The first-order chi connectivity index (χ1) is 16.5. The number of fused-ring (bicyclic) bond motifs is 2. The summed E-state index contributed by atoms with van der Waals surface area (Å²) in [6.07, 6.45) is 0.792. The second-order valence-corrected chi connectivity index (χ2v) is 7.92. The van der Waals surface area contributed by atoms with Gasteiger partial charge in [-0.05, 0) is 29.8 Å². The quantitative estimate of drug-likeness (QED) is 0.273. The first-order valence-electron chi connectivity index (χ1n) is 10.8. The van der Waals surface area contributed by atoms with Crippen molar-refractivity contribution in [1.82, 2.24) is 0 Å². The van der Waals surface area contributed by atoms with Gasteiger partial charge in [-0.1, -0.05) is 54.6 Å². The van der Waals surface area contributed by atoms with Gasteiger partial charge in [-0.3, -0.25) is 9.59 Å². The van der Waals surface area contributed by atoms with Gasteiger partial charge in [0.15, 0.2) is 17.3 Å². The third-order valence-electron chi connectivity index (χ3n) is 5.73. The molecule has 6 nitrogen and oxygen atoms in total. The maximum atomic E-state index is 13.1. The molecule has 3 N–H and O–H groups in total. The van der Waals surface area contributed by atoms with Crippen LogP contribution in [0.3, 0.4) is 0 Å². The lowest BCUT2D eigenvalue weighted by molar-refractivity contribution is 0.0977. The minimum absolute atomic E-state index is 0.00356. The molecule has 1 aliphatic carbocycles. The summed E-state index contributed by atoms with van der Waals surface area (Å²) in [6.45, 7) is 0.535. The van der Waals surface area contributed by atoms with Crippen LogP contribution >= 0.6 is 0 Å². The smallest absolute Gasteiger partial charge is 0.198 e. The van der Waals surface area contributed by atoms with Crippen molar-refractivity contribution in [3.63, 3.8) is 0 Å². The molecular weight excluding hydrogens is 430 g/mol. The van der Waals surface area contributed by atoms with Crippen molar-refractivity contribution in [2.75, 3.05) is 12.3 Å². The van der Waals surface area contributed by atoms with Crippen LogP contribution in [0.2, 0.25) is 0 Å². The Morgan fingerprint density at radius 1 is 0.735 bits per heavy atom. The summed E-state index contributed by atoms with van der Waals surface area (Å²) in [6, 6.07) is 24.7. The van der Waals surface area contributed by atoms with Gasteiger partial charge in [0, 0.05) is 23.6 Å².